The standard InChI is InChI=1S/C16H25NO2/c1-4-9-14(5-2)17-12-15(16(18)19-3)13-10-7-6-8-11-13/h6-8,10-11,14-15,17H,4-5,9,12H2,1-3H3. The second kappa shape index (κ2) is 8.70. The molecule has 0 aliphatic rings. The molecule has 3 nitrogen and oxygen atoms in total. The first-order valence-corrected chi connectivity index (χ1v) is 7.09. The number of benzene rings is 1. The number of ether oxygens (including phenoxy) is 1. The number of nitrogens with one attached hydrogen (secondary N) is 1. The van der Waals surface area contributed by atoms with Gasteiger partial charge in [0.2, 0.25) is 0 Å². The fourth-order valence-electron chi connectivity index (χ4n) is 2.25. The summed E-state index contributed by atoms with van der Waals surface area (Å²) in [5, 5.41) is 3.48. The van der Waals surface area contributed by atoms with Gasteiger partial charge in [0.15, 0.2) is 0 Å². The Morgan fingerprint density at radius 2 is 1.95 bits per heavy atom. The van der Waals surface area contributed by atoms with Gasteiger partial charge in [-0.15, -0.1) is 0 Å². The van der Waals surface area contributed by atoms with Gasteiger partial charge in [0.1, 0.15) is 0 Å². The minimum absolute atomic E-state index is 0.176. The molecule has 2 atom stereocenters. The summed E-state index contributed by atoms with van der Waals surface area (Å²) >= 11 is 0. The summed E-state index contributed by atoms with van der Waals surface area (Å²) in [5.41, 5.74) is 1.01. The van der Waals surface area contributed by atoms with Crippen molar-refractivity contribution in [2.75, 3.05) is 13.7 Å². The molecule has 1 N–H and O–H groups in total. The number of rotatable bonds is 8. The normalized spacial score (nSPS) is 13.8. The van der Waals surface area contributed by atoms with E-state index in [-0.39, 0.29) is 11.9 Å². The number of esters is 1. The maximum atomic E-state index is 11.9. The van der Waals surface area contributed by atoms with Crippen molar-refractivity contribution in [1.29, 1.82) is 0 Å². The number of carbonyl (C=O) groups excluding carboxylic acids is 1. The molecule has 2 unspecified atom stereocenters. The summed E-state index contributed by atoms with van der Waals surface area (Å²) in [6.45, 7) is 4.98. The Hall–Kier alpha value is -1.35. The van der Waals surface area contributed by atoms with E-state index < -0.39 is 0 Å². The Balaban J connectivity index is 2.68. The van der Waals surface area contributed by atoms with Crippen LogP contribution in [0.4, 0.5) is 0 Å². The third-order valence-corrected chi connectivity index (χ3v) is 3.43. The van der Waals surface area contributed by atoms with Crippen molar-refractivity contribution >= 4 is 5.97 Å². The molecule has 1 rings (SSSR count). The smallest absolute Gasteiger partial charge is 0.314 e. The van der Waals surface area contributed by atoms with Crippen molar-refractivity contribution in [3.63, 3.8) is 0 Å². The van der Waals surface area contributed by atoms with E-state index in [0.717, 1.165) is 24.8 Å². The number of methoxy groups -OCH3 is 1. The summed E-state index contributed by atoms with van der Waals surface area (Å²) < 4.78 is 4.91. The van der Waals surface area contributed by atoms with Crippen molar-refractivity contribution in [3.05, 3.63) is 35.9 Å². The molecule has 1 aromatic rings. The zero-order valence-corrected chi connectivity index (χ0v) is 12.2. The van der Waals surface area contributed by atoms with Gasteiger partial charge in [0.05, 0.1) is 13.0 Å². The first kappa shape index (κ1) is 15.7. The van der Waals surface area contributed by atoms with Crippen molar-refractivity contribution in [2.24, 2.45) is 0 Å². The molecule has 0 aliphatic heterocycles. The van der Waals surface area contributed by atoms with Gasteiger partial charge in [-0.3, -0.25) is 4.79 Å². The van der Waals surface area contributed by atoms with E-state index in [1.165, 1.54) is 7.11 Å². The largest absolute Gasteiger partial charge is 0.469 e. The lowest BCUT2D eigenvalue weighted by atomic mass is 9.98. The second-order valence-corrected chi connectivity index (χ2v) is 4.79. The van der Waals surface area contributed by atoms with Crippen LogP contribution in [0.15, 0.2) is 30.3 Å². The van der Waals surface area contributed by atoms with Crippen molar-refractivity contribution < 1.29 is 9.53 Å². The Bertz CT molecular complexity index is 364. The summed E-state index contributed by atoms with van der Waals surface area (Å²) in [5.74, 6) is -0.401. The molecular formula is C16H25NO2. The predicted octanol–water partition coefficient (Wildman–Crippen LogP) is 3.11. The third kappa shape index (κ3) is 5.03. The van der Waals surface area contributed by atoms with Gasteiger partial charge in [0.25, 0.3) is 0 Å². The topological polar surface area (TPSA) is 38.3 Å². The third-order valence-electron chi connectivity index (χ3n) is 3.43. The van der Waals surface area contributed by atoms with Crippen LogP contribution < -0.4 is 5.32 Å². The van der Waals surface area contributed by atoms with Crippen LogP contribution in [0.25, 0.3) is 0 Å². The van der Waals surface area contributed by atoms with Gasteiger partial charge in [-0.25, -0.2) is 0 Å². The SMILES string of the molecule is CCCC(CC)NCC(C(=O)OC)c1ccccc1. The van der Waals surface area contributed by atoms with Crippen molar-refractivity contribution in [2.45, 2.75) is 45.1 Å². The Labute approximate surface area is 116 Å². The monoisotopic (exact) mass is 263 g/mol. The highest BCUT2D eigenvalue weighted by Gasteiger charge is 2.21. The highest BCUT2D eigenvalue weighted by atomic mass is 16.5. The van der Waals surface area contributed by atoms with Crippen molar-refractivity contribution in [3.8, 4) is 0 Å². The fraction of sp³-hybridized carbons (Fsp3) is 0.562. The first-order valence-electron chi connectivity index (χ1n) is 7.09. The fourth-order valence-corrected chi connectivity index (χ4v) is 2.25. The minimum Gasteiger partial charge on any atom is -0.469 e. The van der Waals surface area contributed by atoms with Crippen molar-refractivity contribution in [1.82, 2.24) is 5.32 Å². The quantitative estimate of drug-likeness (QED) is 0.732. The second-order valence-electron chi connectivity index (χ2n) is 4.79. The van der Waals surface area contributed by atoms with Gasteiger partial charge in [-0.1, -0.05) is 50.6 Å². The van der Waals surface area contributed by atoms with Gasteiger partial charge < -0.3 is 10.1 Å². The van der Waals surface area contributed by atoms with Crippen LogP contribution in [0.3, 0.4) is 0 Å². The van der Waals surface area contributed by atoms with Gasteiger partial charge in [0, 0.05) is 12.6 Å². The lowest BCUT2D eigenvalue weighted by Crippen LogP contribution is -2.35. The molecule has 0 fully saturated rings. The van der Waals surface area contributed by atoms with E-state index >= 15 is 0 Å². The lowest BCUT2D eigenvalue weighted by Gasteiger charge is -2.21. The predicted molar refractivity (Wildman–Crippen MR) is 78.2 cm³/mol. The molecule has 0 saturated carbocycles. The van der Waals surface area contributed by atoms with Crippen LogP contribution in [0.5, 0.6) is 0 Å². The number of carbonyl (C=O) groups is 1. The van der Waals surface area contributed by atoms with E-state index in [9.17, 15) is 4.79 Å². The zero-order chi connectivity index (χ0) is 14.1. The Morgan fingerprint density at radius 3 is 2.47 bits per heavy atom. The molecule has 0 bridgehead atoms. The van der Waals surface area contributed by atoms with Gasteiger partial charge in [-0.2, -0.15) is 0 Å². The first-order chi connectivity index (χ1) is 9.22. The Kier molecular flexibility index (Phi) is 7.19. The van der Waals surface area contributed by atoms with Crippen LogP contribution in [0.2, 0.25) is 0 Å². The maximum absolute atomic E-state index is 11.9. The van der Waals surface area contributed by atoms with E-state index in [0.29, 0.717) is 12.6 Å². The number of hydrogen-bond acceptors (Lipinski definition) is 3. The number of hydrogen-bond donors (Lipinski definition) is 1. The van der Waals surface area contributed by atoms with Crippen LogP contribution >= 0.6 is 0 Å². The zero-order valence-electron chi connectivity index (χ0n) is 12.2. The molecule has 0 saturated heterocycles. The highest BCUT2D eigenvalue weighted by Crippen LogP contribution is 2.17. The average molecular weight is 263 g/mol. The summed E-state index contributed by atoms with van der Waals surface area (Å²) in [4.78, 5) is 11.9. The molecule has 19 heavy (non-hydrogen) atoms. The van der Waals surface area contributed by atoms with Gasteiger partial charge in [-0.05, 0) is 18.4 Å². The van der Waals surface area contributed by atoms with E-state index in [1.54, 1.807) is 0 Å². The molecule has 3 heteroatoms. The lowest BCUT2D eigenvalue weighted by molar-refractivity contribution is -0.142. The van der Waals surface area contributed by atoms with Crippen LogP contribution in [-0.4, -0.2) is 25.7 Å². The van der Waals surface area contributed by atoms with Crippen LogP contribution in [-0.2, 0) is 9.53 Å². The summed E-state index contributed by atoms with van der Waals surface area (Å²) in [7, 11) is 1.45. The summed E-state index contributed by atoms with van der Waals surface area (Å²) in [6.07, 6.45) is 3.37. The minimum atomic E-state index is -0.225. The molecule has 0 amide bonds. The summed E-state index contributed by atoms with van der Waals surface area (Å²) in [6, 6.07) is 10.3. The highest BCUT2D eigenvalue weighted by molar-refractivity contribution is 5.78. The average Bonchev–Trinajstić information content (AvgIpc) is 2.47. The molecule has 0 radical (unpaired) electrons. The molecule has 0 heterocycles. The molecule has 0 spiro atoms. The molecule has 1 aromatic carbocycles. The molecular weight excluding hydrogens is 238 g/mol. The van der Waals surface area contributed by atoms with E-state index in [2.05, 4.69) is 19.2 Å². The van der Waals surface area contributed by atoms with Gasteiger partial charge >= 0.3 is 5.97 Å². The Morgan fingerprint density at radius 1 is 1.26 bits per heavy atom. The maximum Gasteiger partial charge on any atom is 0.314 e. The van der Waals surface area contributed by atoms with E-state index in [1.807, 2.05) is 30.3 Å². The molecule has 106 valence electrons. The molecule has 0 aromatic heterocycles. The van der Waals surface area contributed by atoms with Crippen LogP contribution in [0.1, 0.15) is 44.6 Å². The molecule has 0 aliphatic carbocycles. The van der Waals surface area contributed by atoms with Crippen LogP contribution in [0, 0.1) is 0 Å². The van der Waals surface area contributed by atoms with E-state index in [4.69, 9.17) is 4.74 Å².